The van der Waals surface area contributed by atoms with Gasteiger partial charge in [-0.15, -0.1) is 0 Å². The van der Waals surface area contributed by atoms with Gasteiger partial charge in [-0.3, -0.25) is 20.5 Å². The molecule has 2 rings (SSSR count). The average Bonchev–Trinajstić information content (AvgIpc) is 2.87. The van der Waals surface area contributed by atoms with E-state index in [9.17, 15) is 9.18 Å². The highest BCUT2D eigenvalue weighted by molar-refractivity contribution is 5.83. The van der Waals surface area contributed by atoms with E-state index in [1.54, 1.807) is 0 Å². The van der Waals surface area contributed by atoms with Crippen LogP contribution in [0.5, 0.6) is 0 Å². The number of hydrogen-bond acceptors (Lipinski definition) is 4. The zero-order valence-electron chi connectivity index (χ0n) is 11.2. The van der Waals surface area contributed by atoms with Gasteiger partial charge in [-0.2, -0.15) is 0 Å². The Balaban J connectivity index is 1.89. The van der Waals surface area contributed by atoms with Crippen molar-refractivity contribution < 1.29 is 9.18 Å². The van der Waals surface area contributed by atoms with Crippen LogP contribution in [-0.2, 0) is 4.79 Å². The Bertz CT molecular complexity index is 435. The summed E-state index contributed by atoms with van der Waals surface area (Å²) in [6, 6.07) is 3.01. The molecule has 1 unspecified atom stereocenters. The molecule has 1 saturated heterocycles. The summed E-state index contributed by atoms with van der Waals surface area (Å²) in [5.74, 6) is -0.0557. The first-order valence-corrected chi connectivity index (χ1v) is 6.51. The number of anilines is 1. The molecule has 1 aliphatic heterocycles. The van der Waals surface area contributed by atoms with Crippen LogP contribution < -0.4 is 10.9 Å². The third kappa shape index (κ3) is 3.41. The van der Waals surface area contributed by atoms with E-state index < -0.39 is 5.82 Å². The van der Waals surface area contributed by atoms with Crippen molar-refractivity contribution >= 4 is 11.7 Å². The molecule has 1 fully saturated rings. The number of hydrogen-bond donors (Lipinski definition) is 2. The molecule has 19 heavy (non-hydrogen) atoms. The first-order valence-electron chi connectivity index (χ1n) is 6.51. The van der Waals surface area contributed by atoms with Crippen molar-refractivity contribution in [3.63, 3.8) is 0 Å². The Morgan fingerprint density at radius 2 is 2.32 bits per heavy atom. The van der Waals surface area contributed by atoms with Gasteiger partial charge in [-0.1, -0.05) is 0 Å². The van der Waals surface area contributed by atoms with Gasteiger partial charge in [-0.25, -0.2) is 9.37 Å². The Morgan fingerprint density at radius 1 is 1.53 bits per heavy atom. The van der Waals surface area contributed by atoms with Crippen molar-refractivity contribution in [2.24, 2.45) is 0 Å². The summed E-state index contributed by atoms with van der Waals surface area (Å²) in [6.07, 6.45) is 3.00. The smallest absolute Gasteiger partial charge is 0.255 e. The molecule has 1 amide bonds. The van der Waals surface area contributed by atoms with E-state index in [4.69, 9.17) is 0 Å². The maximum absolute atomic E-state index is 12.7. The molecular weight excluding hydrogens is 247 g/mol. The van der Waals surface area contributed by atoms with Crippen molar-refractivity contribution in [3.05, 3.63) is 24.1 Å². The molecule has 5 nitrogen and oxygen atoms in total. The number of carbonyl (C=O) groups excluding carboxylic acids is 1. The van der Waals surface area contributed by atoms with Gasteiger partial charge in [0.1, 0.15) is 11.6 Å². The fourth-order valence-electron chi connectivity index (χ4n) is 2.35. The van der Waals surface area contributed by atoms with Crippen molar-refractivity contribution in [1.29, 1.82) is 0 Å². The third-order valence-electron chi connectivity index (χ3n) is 3.30. The molecule has 1 aromatic heterocycles. The van der Waals surface area contributed by atoms with E-state index in [1.807, 2.05) is 0 Å². The number of nitrogens with one attached hydrogen (secondary N) is 2. The van der Waals surface area contributed by atoms with E-state index in [0.717, 1.165) is 25.6 Å². The van der Waals surface area contributed by atoms with Crippen molar-refractivity contribution in [1.82, 2.24) is 15.3 Å². The summed E-state index contributed by atoms with van der Waals surface area (Å²) >= 11 is 0. The van der Waals surface area contributed by atoms with Gasteiger partial charge in [0.05, 0.1) is 12.2 Å². The predicted octanol–water partition coefficient (Wildman–Crippen LogP) is 1.54. The fourth-order valence-corrected chi connectivity index (χ4v) is 2.35. The Kier molecular flexibility index (Phi) is 4.31. The summed E-state index contributed by atoms with van der Waals surface area (Å²) in [5.41, 5.74) is 5.33. The van der Waals surface area contributed by atoms with Crippen LogP contribution in [0.1, 0.15) is 26.7 Å². The number of rotatable bonds is 4. The standard InChI is InChI=1S/C13H19FN4O/c1-9(2)18-7-3-4-11(18)13(19)17-16-12-6-5-10(14)8-15-12/h5-6,8-9,11H,3-4,7H2,1-2H3,(H,15,16)(H,17,19). The van der Waals surface area contributed by atoms with E-state index in [2.05, 4.69) is 34.6 Å². The minimum Gasteiger partial charge on any atom is -0.289 e. The minimum absolute atomic E-state index is 0.0719. The van der Waals surface area contributed by atoms with Gasteiger partial charge < -0.3 is 0 Å². The largest absolute Gasteiger partial charge is 0.289 e. The maximum Gasteiger partial charge on any atom is 0.255 e. The van der Waals surface area contributed by atoms with Crippen LogP contribution in [0.25, 0.3) is 0 Å². The summed E-state index contributed by atoms with van der Waals surface area (Å²) in [7, 11) is 0. The van der Waals surface area contributed by atoms with Crippen molar-refractivity contribution in [2.75, 3.05) is 12.0 Å². The summed E-state index contributed by atoms with van der Waals surface area (Å²) in [4.78, 5) is 18.1. The number of hydrazine groups is 1. The SMILES string of the molecule is CC(C)N1CCCC1C(=O)NNc1ccc(F)cn1. The predicted molar refractivity (Wildman–Crippen MR) is 70.8 cm³/mol. The lowest BCUT2D eigenvalue weighted by atomic mass is 10.2. The molecule has 0 spiro atoms. The normalized spacial score (nSPS) is 19.7. The molecule has 2 heterocycles. The first-order chi connectivity index (χ1) is 9.08. The molecule has 1 aromatic rings. The van der Waals surface area contributed by atoms with E-state index in [1.165, 1.54) is 12.1 Å². The average molecular weight is 266 g/mol. The molecule has 0 bridgehead atoms. The highest BCUT2D eigenvalue weighted by atomic mass is 19.1. The number of likely N-dealkylation sites (tertiary alicyclic amines) is 1. The van der Waals surface area contributed by atoms with Gasteiger partial charge in [0.15, 0.2) is 0 Å². The quantitative estimate of drug-likeness (QED) is 0.812. The van der Waals surface area contributed by atoms with Crippen LogP contribution >= 0.6 is 0 Å². The molecule has 0 radical (unpaired) electrons. The lowest BCUT2D eigenvalue weighted by Crippen LogP contribution is -2.47. The minimum atomic E-state index is -0.404. The van der Waals surface area contributed by atoms with E-state index in [0.29, 0.717) is 11.9 Å². The number of halogens is 1. The number of carbonyl (C=O) groups is 1. The van der Waals surface area contributed by atoms with E-state index >= 15 is 0 Å². The molecule has 0 aliphatic carbocycles. The third-order valence-corrected chi connectivity index (χ3v) is 3.30. The second-order valence-electron chi connectivity index (χ2n) is 4.97. The lowest BCUT2D eigenvalue weighted by molar-refractivity contribution is -0.125. The molecule has 104 valence electrons. The van der Waals surface area contributed by atoms with Gasteiger partial charge in [-0.05, 0) is 45.4 Å². The second-order valence-corrected chi connectivity index (χ2v) is 4.97. The van der Waals surface area contributed by atoms with Crippen LogP contribution in [0.2, 0.25) is 0 Å². The van der Waals surface area contributed by atoms with Crippen LogP contribution in [-0.4, -0.2) is 34.4 Å². The van der Waals surface area contributed by atoms with Crippen molar-refractivity contribution in [2.45, 2.75) is 38.8 Å². The Labute approximate surface area is 112 Å². The fraction of sp³-hybridized carbons (Fsp3) is 0.538. The van der Waals surface area contributed by atoms with E-state index in [-0.39, 0.29) is 11.9 Å². The zero-order chi connectivity index (χ0) is 13.8. The molecular formula is C13H19FN4O. The second kappa shape index (κ2) is 5.97. The molecule has 6 heteroatoms. The van der Waals surface area contributed by atoms with Crippen LogP contribution in [0.15, 0.2) is 18.3 Å². The summed E-state index contributed by atoms with van der Waals surface area (Å²) < 4.78 is 12.7. The maximum atomic E-state index is 12.7. The Hall–Kier alpha value is -1.69. The van der Waals surface area contributed by atoms with Gasteiger partial charge in [0.2, 0.25) is 0 Å². The Morgan fingerprint density at radius 3 is 2.95 bits per heavy atom. The van der Waals surface area contributed by atoms with Gasteiger partial charge >= 0.3 is 0 Å². The summed E-state index contributed by atoms with van der Waals surface area (Å²) in [5, 5.41) is 0. The number of nitrogens with zero attached hydrogens (tertiary/aromatic N) is 2. The lowest BCUT2D eigenvalue weighted by Gasteiger charge is -2.27. The molecule has 1 aliphatic rings. The van der Waals surface area contributed by atoms with Crippen LogP contribution in [0.4, 0.5) is 10.2 Å². The zero-order valence-corrected chi connectivity index (χ0v) is 11.2. The summed E-state index contributed by atoms with van der Waals surface area (Å²) in [6.45, 7) is 5.12. The first kappa shape index (κ1) is 13.7. The van der Waals surface area contributed by atoms with Crippen LogP contribution in [0, 0.1) is 5.82 Å². The topological polar surface area (TPSA) is 57.3 Å². The molecule has 2 N–H and O–H groups in total. The highest BCUT2D eigenvalue weighted by Crippen LogP contribution is 2.19. The number of aromatic nitrogens is 1. The number of amides is 1. The van der Waals surface area contributed by atoms with Gasteiger partial charge in [0.25, 0.3) is 5.91 Å². The highest BCUT2D eigenvalue weighted by Gasteiger charge is 2.32. The molecule has 1 atom stereocenters. The van der Waals surface area contributed by atoms with Gasteiger partial charge in [0, 0.05) is 6.04 Å². The van der Waals surface area contributed by atoms with Crippen LogP contribution in [0.3, 0.4) is 0 Å². The molecule has 0 saturated carbocycles. The van der Waals surface area contributed by atoms with Crippen molar-refractivity contribution in [3.8, 4) is 0 Å². The molecule has 0 aromatic carbocycles. The number of pyridine rings is 1. The monoisotopic (exact) mass is 266 g/mol.